The Hall–Kier alpha value is -3.18. The number of amides is 1. The van der Waals surface area contributed by atoms with Crippen LogP contribution < -0.4 is 10.1 Å². The van der Waals surface area contributed by atoms with Crippen LogP contribution in [0.2, 0.25) is 0 Å². The van der Waals surface area contributed by atoms with Gasteiger partial charge < -0.3 is 10.1 Å². The summed E-state index contributed by atoms with van der Waals surface area (Å²) in [6.07, 6.45) is 1.64. The maximum Gasteiger partial charge on any atom is 0.259 e. The second-order valence-electron chi connectivity index (χ2n) is 5.89. The minimum atomic E-state index is -0.455. The maximum absolute atomic E-state index is 13.0. The van der Waals surface area contributed by atoms with Crippen LogP contribution in [-0.4, -0.2) is 18.8 Å². The van der Waals surface area contributed by atoms with Crippen LogP contribution in [0.5, 0.6) is 5.75 Å². The maximum atomic E-state index is 13.0. The Morgan fingerprint density at radius 2 is 1.78 bits per heavy atom. The van der Waals surface area contributed by atoms with E-state index in [-0.39, 0.29) is 11.4 Å². The number of thiophene rings is 1. The number of ketones is 1. The lowest BCUT2D eigenvalue weighted by molar-refractivity contribution is -0.112. The summed E-state index contributed by atoms with van der Waals surface area (Å²) in [5.74, 6) is -0.146. The van der Waals surface area contributed by atoms with Gasteiger partial charge in [-0.1, -0.05) is 36.4 Å². The number of rotatable bonds is 6. The summed E-state index contributed by atoms with van der Waals surface area (Å²) in [5, 5.41) is 2.79. The lowest BCUT2D eigenvalue weighted by Gasteiger charge is -2.10. The fourth-order valence-corrected chi connectivity index (χ4v) is 3.37. The molecule has 1 aromatic heterocycles. The van der Waals surface area contributed by atoms with Crippen LogP contribution in [0.3, 0.4) is 0 Å². The monoisotopic (exact) mass is 377 g/mol. The summed E-state index contributed by atoms with van der Waals surface area (Å²) in [4.78, 5) is 27.8. The first kappa shape index (κ1) is 18.6. The van der Waals surface area contributed by atoms with Crippen molar-refractivity contribution in [1.82, 2.24) is 0 Å². The van der Waals surface area contributed by atoms with Gasteiger partial charge >= 0.3 is 0 Å². The van der Waals surface area contributed by atoms with Gasteiger partial charge in [-0.05, 0) is 37.3 Å². The van der Waals surface area contributed by atoms with E-state index in [1.54, 1.807) is 61.7 Å². The third-order valence-electron chi connectivity index (χ3n) is 3.90. The molecule has 0 aliphatic carbocycles. The van der Waals surface area contributed by atoms with Crippen LogP contribution in [0.25, 0.3) is 6.08 Å². The number of aryl methyl sites for hydroxylation is 1. The fourth-order valence-electron chi connectivity index (χ4n) is 2.55. The number of carbonyl (C=O) groups excluding carboxylic acids is 2. The van der Waals surface area contributed by atoms with Crippen molar-refractivity contribution in [3.8, 4) is 5.75 Å². The molecule has 2 aromatic carbocycles. The summed E-state index contributed by atoms with van der Waals surface area (Å²) < 4.78 is 5.18. The Balaban J connectivity index is 1.94. The summed E-state index contributed by atoms with van der Waals surface area (Å²) in [6, 6.07) is 19.7. The van der Waals surface area contributed by atoms with Crippen molar-refractivity contribution >= 4 is 34.8 Å². The molecular weight excluding hydrogens is 358 g/mol. The highest BCUT2D eigenvalue weighted by atomic mass is 32.1. The zero-order chi connectivity index (χ0) is 19.2. The number of carbonyl (C=O) groups is 2. The Labute approximate surface area is 162 Å². The van der Waals surface area contributed by atoms with E-state index >= 15 is 0 Å². The summed E-state index contributed by atoms with van der Waals surface area (Å²) in [6.45, 7) is 1.98. The molecule has 5 heteroatoms. The van der Waals surface area contributed by atoms with Crippen LogP contribution in [0.15, 0.2) is 72.3 Å². The summed E-state index contributed by atoms with van der Waals surface area (Å²) in [5.41, 5.74) is 1.12. The lowest BCUT2D eigenvalue weighted by atomic mass is 10.0. The first-order chi connectivity index (χ1) is 13.1. The molecule has 3 aromatic rings. The highest BCUT2D eigenvalue weighted by Crippen LogP contribution is 2.22. The largest absolute Gasteiger partial charge is 0.497 e. The first-order valence-corrected chi connectivity index (χ1v) is 9.22. The Morgan fingerprint density at radius 3 is 2.44 bits per heavy atom. The van der Waals surface area contributed by atoms with Crippen LogP contribution >= 0.6 is 11.3 Å². The van der Waals surface area contributed by atoms with Gasteiger partial charge in [0.25, 0.3) is 5.91 Å². The number of hydrogen-bond donors (Lipinski definition) is 1. The van der Waals surface area contributed by atoms with Crippen molar-refractivity contribution in [1.29, 1.82) is 0 Å². The Kier molecular flexibility index (Phi) is 5.84. The van der Waals surface area contributed by atoms with Crippen molar-refractivity contribution in [2.45, 2.75) is 6.92 Å². The highest BCUT2D eigenvalue weighted by molar-refractivity contribution is 7.12. The van der Waals surface area contributed by atoms with Crippen LogP contribution in [0, 0.1) is 6.92 Å². The van der Waals surface area contributed by atoms with E-state index in [9.17, 15) is 9.59 Å². The van der Waals surface area contributed by atoms with Crippen LogP contribution in [-0.2, 0) is 4.79 Å². The van der Waals surface area contributed by atoms with Gasteiger partial charge in [-0.2, -0.15) is 0 Å². The molecule has 0 spiro atoms. The first-order valence-electron chi connectivity index (χ1n) is 8.40. The number of anilines is 1. The second-order valence-corrected chi connectivity index (χ2v) is 7.21. The second kappa shape index (κ2) is 8.47. The predicted molar refractivity (Wildman–Crippen MR) is 109 cm³/mol. The van der Waals surface area contributed by atoms with Crippen molar-refractivity contribution in [2.75, 3.05) is 12.4 Å². The van der Waals surface area contributed by atoms with Gasteiger partial charge in [-0.15, -0.1) is 11.3 Å². The number of methoxy groups -OCH3 is 1. The quantitative estimate of drug-likeness (QED) is 0.286. The fraction of sp³-hybridized carbons (Fsp3) is 0.0909. The van der Waals surface area contributed by atoms with E-state index in [1.807, 2.05) is 25.1 Å². The standard InChI is InChI=1S/C22H19NO3S/c1-15-11-12-19(27-15)14-20(21(24)16-7-4-3-5-8-16)22(25)23-17-9-6-10-18(13-17)26-2/h3-14H,1-2H3,(H,23,25)/b20-14+. The highest BCUT2D eigenvalue weighted by Gasteiger charge is 2.20. The minimum absolute atomic E-state index is 0.0888. The van der Waals surface area contributed by atoms with Gasteiger partial charge in [0.15, 0.2) is 5.78 Å². The number of Topliss-reactive ketones (excluding diaryl/α,β-unsaturated/α-hetero) is 1. The molecule has 0 radical (unpaired) electrons. The smallest absolute Gasteiger partial charge is 0.259 e. The zero-order valence-electron chi connectivity index (χ0n) is 15.1. The molecule has 1 N–H and O–H groups in total. The molecule has 4 nitrogen and oxygen atoms in total. The van der Waals surface area contributed by atoms with E-state index in [0.29, 0.717) is 17.0 Å². The van der Waals surface area contributed by atoms with E-state index < -0.39 is 5.91 Å². The van der Waals surface area contributed by atoms with Crippen molar-refractivity contribution < 1.29 is 14.3 Å². The van der Waals surface area contributed by atoms with Crippen molar-refractivity contribution in [3.05, 3.63) is 87.6 Å². The minimum Gasteiger partial charge on any atom is -0.497 e. The van der Waals surface area contributed by atoms with E-state index in [0.717, 1.165) is 9.75 Å². The molecule has 0 aliphatic rings. The lowest BCUT2D eigenvalue weighted by Crippen LogP contribution is -2.20. The van der Waals surface area contributed by atoms with Gasteiger partial charge in [0.2, 0.25) is 0 Å². The molecule has 0 aliphatic heterocycles. The third kappa shape index (κ3) is 4.71. The molecule has 27 heavy (non-hydrogen) atoms. The van der Waals surface area contributed by atoms with Gasteiger partial charge in [0, 0.05) is 27.1 Å². The average Bonchev–Trinajstić information content (AvgIpc) is 3.11. The molecule has 136 valence electrons. The Morgan fingerprint density at radius 1 is 1.00 bits per heavy atom. The van der Waals surface area contributed by atoms with E-state index in [2.05, 4.69) is 5.32 Å². The number of ether oxygens (including phenoxy) is 1. The van der Waals surface area contributed by atoms with E-state index in [4.69, 9.17) is 4.74 Å². The summed E-state index contributed by atoms with van der Waals surface area (Å²) >= 11 is 1.53. The molecular formula is C22H19NO3S. The van der Waals surface area contributed by atoms with E-state index in [1.165, 1.54) is 11.3 Å². The summed E-state index contributed by atoms with van der Waals surface area (Å²) in [7, 11) is 1.56. The predicted octanol–water partition coefficient (Wildman–Crippen LogP) is 4.97. The zero-order valence-corrected chi connectivity index (χ0v) is 15.9. The molecule has 0 saturated heterocycles. The molecule has 0 bridgehead atoms. The molecule has 0 fully saturated rings. The molecule has 1 heterocycles. The van der Waals surface area contributed by atoms with Gasteiger partial charge in [0.1, 0.15) is 5.75 Å². The number of hydrogen-bond acceptors (Lipinski definition) is 4. The molecule has 0 unspecified atom stereocenters. The number of benzene rings is 2. The van der Waals surface area contributed by atoms with Crippen LogP contribution in [0.1, 0.15) is 20.1 Å². The molecule has 0 atom stereocenters. The van der Waals surface area contributed by atoms with Crippen molar-refractivity contribution in [3.63, 3.8) is 0 Å². The van der Waals surface area contributed by atoms with Gasteiger partial charge in [0.05, 0.1) is 12.7 Å². The Bertz CT molecular complexity index is 990. The molecule has 0 saturated carbocycles. The van der Waals surface area contributed by atoms with Crippen LogP contribution in [0.4, 0.5) is 5.69 Å². The molecule has 1 amide bonds. The molecule has 3 rings (SSSR count). The van der Waals surface area contributed by atoms with Crippen molar-refractivity contribution in [2.24, 2.45) is 0 Å². The number of nitrogens with one attached hydrogen (secondary N) is 1. The van der Waals surface area contributed by atoms with Gasteiger partial charge in [-0.3, -0.25) is 9.59 Å². The topological polar surface area (TPSA) is 55.4 Å². The average molecular weight is 377 g/mol. The SMILES string of the molecule is COc1cccc(NC(=O)/C(=C/c2ccc(C)s2)C(=O)c2ccccc2)c1. The van der Waals surface area contributed by atoms with Gasteiger partial charge in [-0.25, -0.2) is 0 Å². The third-order valence-corrected chi connectivity index (χ3v) is 4.85. The normalized spacial score (nSPS) is 11.1.